The number of quaternary nitrogens is 1. The number of nitriles is 1. The highest BCUT2D eigenvalue weighted by Gasteiger charge is 2.38. The van der Waals surface area contributed by atoms with Gasteiger partial charge < -0.3 is 4.48 Å². The van der Waals surface area contributed by atoms with Crippen molar-refractivity contribution in [2.75, 3.05) is 13.1 Å². The second-order valence-corrected chi connectivity index (χ2v) is 6.70. The average Bonchev–Trinajstić information content (AvgIpc) is 2.62. The van der Waals surface area contributed by atoms with Crippen LogP contribution >= 0.6 is 0 Å². The monoisotopic (exact) mass is 305 g/mol. The third-order valence-corrected chi connectivity index (χ3v) is 5.13. The van der Waals surface area contributed by atoms with Crippen molar-refractivity contribution in [2.24, 2.45) is 0 Å². The van der Waals surface area contributed by atoms with Gasteiger partial charge in [0.25, 0.3) is 0 Å². The quantitative estimate of drug-likeness (QED) is 0.755. The molecular weight excluding hydrogens is 280 g/mol. The Balaban J connectivity index is 1.85. The van der Waals surface area contributed by atoms with E-state index in [0.29, 0.717) is 0 Å². The van der Waals surface area contributed by atoms with Gasteiger partial charge in [-0.1, -0.05) is 60.7 Å². The summed E-state index contributed by atoms with van der Waals surface area (Å²) in [6.45, 7) is 3.23. The molecule has 0 aromatic heterocycles. The van der Waals surface area contributed by atoms with Crippen LogP contribution in [0.2, 0.25) is 0 Å². The molecule has 2 aromatic carbocycles. The van der Waals surface area contributed by atoms with E-state index in [0.717, 1.165) is 30.5 Å². The summed E-state index contributed by atoms with van der Waals surface area (Å²) in [5.41, 5.74) is 2.62. The number of hydrogen-bond donors (Lipinski definition) is 0. The van der Waals surface area contributed by atoms with Crippen LogP contribution in [0, 0.1) is 11.3 Å². The minimum absolute atomic E-state index is 0.0397. The van der Waals surface area contributed by atoms with Crippen LogP contribution in [0.5, 0.6) is 0 Å². The molecule has 1 aliphatic rings. The van der Waals surface area contributed by atoms with E-state index in [2.05, 4.69) is 60.7 Å². The van der Waals surface area contributed by atoms with Gasteiger partial charge in [0, 0.05) is 12.0 Å². The standard InChI is InChI=1S/C21H25N2/c22-17-21(16-19-10-4-1-5-11-19)23(14-8-3-9-15-23)18-20-12-6-2-7-13-20/h1-2,4-7,10-13,21H,3,8-9,14-16,18H2/q+1. The fourth-order valence-electron chi connectivity index (χ4n) is 3.87. The van der Waals surface area contributed by atoms with Crippen molar-refractivity contribution in [3.05, 3.63) is 71.8 Å². The maximum absolute atomic E-state index is 9.92. The minimum atomic E-state index is 0.0397. The highest BCUT2D eigenvalue weighted by molar-refractivity contribution is 5.18. The normalized spacial score (nSPS) is 18.0. The van der Waals surface area contributed by atoms with E-state index >= 15 is 0 Å². The van der Waals surface area contributed by atoms with Gasteiger partial charge in [0.15, 0.2) is 6.04 Å². The van der Waals surface area contributed by atoms with Crippen LogP contribution in [0.3, 0.4) is 0 Å². The summed E-state index contributed by atoms with van der Waals surface area (Å²) in [5, 5.41) is 9.92. The third-order valence-electron chi connectivity index (χ3n) is 5.13. The molecule has 23 heavy (non-hydrogen) atoms. The van der Waals surface area contributed by atoms with Gasteiger partial charge in [0.05, 0.1) is 13.1 Å². The molecule has 0 amide bonds. The molecule has 0 N–H and O–H groups in total. The summed E-state index contributed by atoms with van der Waals surface area (Å²) in [6.07, 6.45) is 4.63. The summed E-state index contributed by atoms with van der Waals surface area (Å²) in [4.78, 5) is 0. The fourth-order valence-corrected chi connectivity index (χ4v) is 3.87. The van der Waals surface area contributed by atoms with Crippen LogP contribution < -0.4 is 0 Å². The zero-order valence-electron chi connectivity index (χ0n) is 13.7. The number of piperidine rings is 1. The number of hydrogen-bond acceptors (Lipinski definition) is 1. The Bertz CT molecular complexity index is 637. The lowest BCUT2D eigenvalue weighted by Gasteiger charge is -2.45. The summed E-state index contributed by atoms with van der Waals surface area (Å²) < 4.78 is 0.926. The second-order valence-electron chi connectivity index (χ2n) is 6.70. The maximum atomic E-state index is 9.92. The smallest absolute Gasteiger partial charge is 0.180 e. The van der Waals surface area contributed by atoms with Crippen molar-refractivity contribution in [3.63, 3.8) is 0 Å². The lowest BCUT2D eigenvalue weighted by atomic mass is 9.97. The molecule has 2 nitrogen and oxygen atoms in total. The maximum Gasteiger partial charge on any atom is 0.180 e. The van der Waals surface area contributed by atoms with Gasteiger partial charge in [0.1, 0.15) is 12.6 Å². The van der Waals surface area contributed by atoms with Crippen molar-refractivity contribution in [2.45, 2.75) is 38.3 Å². The summed E-state index contributed by atoms with van der Waals surface area (Å²) >= 11 is 0. The average molecular weight is 305 g/mol. The van der Waals surface area contributed by atoms with Gasteiger partial charge >= 0.3 is 0 Å². The Labute approximate surface area is 139 Å². The Morgan fingerprint density at radius 3 is 1.96 bits per heavy atom. The van der Waals surface area contributed by atoms with Crippen molar-refractivity contribution in [1.29, 1.82) is 5.26 Å². The summed E-state index contributed by atoms with van der Waals surface area (Å²) in [6, 6.07) is 23.8. The van der Waals surface area contributed by atoms with E-state index in [1.807, 2.05) is 6.07 Å². The molecule has 1 atom stereocenters. The van der Waals surface area contributed by atoms with Gasteiger partial charge in [-0.3, -0.25) is 0 Å². The number of nitrogens with zero attached hydrogens (tertiary/aromatic N) is 2. The molecule has 0 bridgehead atoms. The first-order valence-electron chi connectivity index (χ1n) is 8.66. The SMILES string of the molecule is N#CC(Cc1ccccc1)[N+]1(Cc2ccccc2)CCCCC1. The minimum Gasteiger partial charge on any atom is -0.305 e. The topological polar surface area (TPSA) is 23.8 Å². The van der Waals surface area contributed by atoms with E-state index < -0.39 is 0 Å². The zero-order chi connectivity index (χ0) is 16.0. The van der Waals surface area contributed by atoms with Gasteiger partial charge in [-0.05, 0) is 24.8 Å². The Hall–Kier alpha value is -2.11. The molecule has 3 rings (SSSR count). The van der Waals surface area contributed by atoms with Crippen molar-refractivity contribution in [1.82, 2.24) is 0 Å². The van der Waals surface area contributed by atoms with Crippen molar-refractivity contribution < 1.29 is 4.48 Å². The van der Waals surface area contributed by atoms with Crippen LogP contribution in [-0.4, -0.2) is 23.6 Å². The Kier molecular flexibility index (Phi) is 5.10. The Morgan fingerprint density at radius 1 is 0.826 bits per heavy atom. The van der Waals surface area contributed by atoms with Crippen LogP contribution in [0.4, 0.5) is 0 Å². The number of likely N-dealkylation sites (tertiary alicyclic amines) is 1. The predicted molar refractivity (Wildman–Crippen MR) is 93.5 cm³/mol. The van der Waals surface area contributed by atoms with Crippen LogP contribution in [-0.2, 0) is 13.0 Å². The van der Waals surface area contributed by atoms with E-state index in [1.54, 1.807) is 0 Å². The Morgan fingerprint density at radius 2 is 1.39 bits per heavy atom. The number of rotatable bonds is 5. The summed E-state index contributed by atoms with van der Waals surface area (Å²) in [7, 11) is 0. The molecule has 118 valence electrons. The largest absolute Gasteiger partial charge is 0.305 e. The summed E-state index contributed by atoms with van der Waals surface area (Å²) in [5.74, 6) is 0. The molecule has 1 saturated heterocycles. The van der Waals surface area contributed by atoms with Crippen LogP contribution in [0.25, 0.3) is 0 Å². The molecule has 1 heterocycles. The zero-order valence-corrected chi connectivity index (χ0v) is 13.7. The molecule has 2 aromatic rings. The van der Waals surface area contributed by atoms with E-state index in [1.165, 1.54) is 30.4 Å². The molecule has 0 spiro atoms. The van der Waals surface area contributed by atoms with E-state index in [-0.39, 0.29) is 6.04 Å². The number of benzene rings is 2. The molecular formula is C21H25N2+. The van der Waals surface area contributed by atoms with Gasteiger partial charge in [-0.15, -0.1) is 0 Å². The molecule has 0 radical (unpaired) electrons. The van der Waals surface area contributed by atoms with E-state index in [9.17, 15) is 5.26 Å². The molecule has 1 fully saturated rings. The van der Waals surface area contributed by atoms with Crippen LogP contribution in [0.1, 0.15) is 30.4 Å². The molecule has 0 aliphatic carbocycles. The highest BCUT2D eigenvalue weighted by atomic mass is 15.4. The predicted octanol–water partition coefficient (Wildman–Crippen LogP) is 4.32. The molecule has 2 heteroatoms. The van der Waals surface area contributed by atoms with Crippen molar-refractivity contribution in [3.8, 4) is 6.07 Å². The molecule has 1 unspecified atom stereocenters. The third kappa shape index (κ3) is 3.81. The lowest BCUT2D eigenvalue weighted by Crippen LogP contribution is -2.57. The highest BCUT2D eigenvalue weighted by Crippen LogP contribution is 2.28. The fraction of sp³-hybridized carbons (Fsp3) is 0.381. The first kappa shape index (κ1) is 15.8. The van der Waals surface area contributed by atoms with Gasteiger partial charge in [-0.25, -0.2) is 0 Å². The van der Waals surface area contributed by atoms with Gasteiger partial charge in [0.2, 0.25) is 0 Å². The van der Waals surface area contributed by atoms with E-state index in [4.69, 9.17) is 0 Å². The van der Waals surface area contributed by atoms with Gasteiger partial charge in [-0.2, -0.15) is 5.26 Å². The first-order chi connectivity index (χ1) is 11.3. The lowest BCUT2D eigenvalue weighted by molar-refractivity contribution is -0.960. The molecule has 0 saturated carbocycles. The molecule has 1 aliphatic heterocycles. The van der Waals surface area contributed by atoms with Crippen molar-refractivity contribution >= 4 is 0 Å². The first-order valence-corrected chi connectivity index (χ1v) is 8.66. The van der Waals surface area contributed by atoms with Crippen LogP contribution in [0.15, 0.2) is 60.7 Å². The second kappa shape index (κ2) is 7.44.